The summed E-state index contributed by atoms with van der Waals surface area (Å²) in [6.45, 7) is 14.5. The first-order valence-corrected chi connectivity index (χ1v) is 15.8. The van der Waals surface area contributed by atoms with Gasteiger partial charge in [0.1, 0.15) is 0 Å². The Balaban J connectivity index is 1.61. The summed E-state index contributed by atoms with van der Waals surface area (Å²) >= 11 is 0. The monoisotopic (exact) mass is 516 g/mol. The van der Waals surface area contributed by atoms with Crippen LogP contribution in [0.15, 0.2) is 36.4 Å². The number of hydrogen-bond donors (Lipinski definition) is 0. The molecule has 1 atom stereocenters. The molecule has 0 heterocycles. The lowest BCUT2D eigenvalue weighted by Gasteiger charge is -2.46. The average Bonchev–Trinajstić information content (AvgIpc) is 2.91. The third kappa shape index (κ3) is 5.95. The van der Waals surface area contributed by atoms with Crippen molar-refractivity contribution in [1.82, 2.24) is 0 Å². The summed E-state index contributed by atoms with van der Waals surface area (Å²) in [7, 11) is 4.76. The van der Waals surface area contributed by atoms with Crippen molar-refractivity contribution in [3.8, 4) is 0 Å². The van der Waals surface area contributed by atoms with Crippen molar-refractivity contribution in [2.24, 2.45) is 0 Å². The molecule has 0 aliphatic heterocycles. The second-order valence-electron chi connectivity index (χ2n) is 13.7. The highest BCUT2D eigenvalue weighted by molar-refractivity contribution is 5.64. The molecule has 0 saturated heterocycles. The van der Waals surface area contributed by atoms with Crippen molar-refractivity contribution in [1.29, 1.82) is 0 Å². The van der Waals surface area contributed by atoms with Crippen LogP contribution < -0.4 is 9.80 Å². The SMILES string of the molecule is Cc1cccc(CCC(C)c2cccc(C(C)C)c2N(C)C2(C)CCCCC2)c1N(C)C1(C)CCCCC1. The molecular formula is C36H56N2. The van der Waals surface area contributed by atoms with E-state index in [4.69, 9.17) is 0 Å². The van der Waals surface area contributed by atoms with Crippen LogP contribution in [0.1, 0.15) is 139 Å². The van der Waals surface area contributed by atoms with Crippen LogP contribution in [0.4, 0.5) is 11.4 Å². The minimum Gasteiger partial charge on any atom is -0.369 e. The van der Waals surface area contributed by atoms with Crippen LogP contribution in [0.25, 0.3) is 0 Å². The molecule has 0 N–H and O–H groups in total. The van der Waals surface area contributed by atoms with Crippen molar-refractivity contribution in [2.45, 2.75) is 142 Å². The van der Waals surface area contributed by atoms with Gasteiger partial charge in [-0.1, -0.05) is 95.7 Å². The van der Waals surface area contributed by atoms with E-state index in [9.17, 15) is 0 Å². The maximum absolute atomic E-state index is 2.70. The second-order valence-corrected chi connectivity index (χ2v) is 13.7. The standard InChI is InChI=1S/C36H56N2/c1-27(2)31-19-16-20-32(34(31)38(8)36(6)25-13-10-14-26-36)28(3)21-22-30-18-15-17-29(4)33(30)37(7)35(5)23-11-9-12-24-35/h15-20,27-28H,9-14,21-26H2,1-8H3. The van der Waals surface area contributed by atoms with Gasteiger partial charge in [0.15, 0.2) is 0 Å². The Hall–Kier alpha value is -1.96. The van der Waals surface area contributed by atoms with Crippen molar-refractivity contribution in [3.63, 3.8) is 0 Å². The number of benzene rings is 2. The Bertz CT molecular complexity index is 1060. The van der Waals surface area contributed by atoms with Gasteiger partial charge < -0.3 is 9.80 Å². The zero-order chi connectivity index (χ0) is 27.5. The second kappa shape index (κ2) is 12.1. The number of aryl methyl sites for hydroxylation is 2. The van der Waals surface area contributed by atoms with E-state index in [0.29, 0.717) is 11.8 Å². The first kappa shape index (κ1) is 29.0. The van der Waals surface area contributed by atoms with Crippen molar-refractivity contribution >= 4 is 11.4 Å². The van der Waals surface area contributed by atoms with Gasteiger partial charge in [-0.25, -0.2) is 0 Å². The number of para-hydroxylation sites is 2. The van der Waals surface area contributed by atoms with Gasteiger partial charge in [0.2, 0.25) is 0 Å². The average molecular weight is 517 g/mol. The van der Waals surface area contributed by atoms with E-state index in [1.807, 2.05) is 0 Å². The molecular weight excluding hydrogens is 460 g/mol. The lowest BCUT2D eigenvalue weighted by molar-refractivity contribution is 0.308. The molecule has 38 heavy (non-hydrogen) atoms. The molecule has 2 aromatic carbocycles. The maximum atomic E-state index is 2.70. The van der Waals surface area contributed by atoms with Crippen LogP contribution in [-0.2, 0) is 6.42 Å². The van der Waals surface area contributed by atoms with Crippen molar-refractivity contribution < 1.29 is 0 Å². The quantitative estimate of drug-likeness (QED) is 0.327. The first-order chi connectivity index (χ1) is 18.1. The third-order valence-corrected chi connectivity index (χ3v) is 10.6. The highest BCUT2D eigenvalue weighted by atomic mass is 15.2. The Kier molecular flexibility index (Phi) is 9.21. The molecule has 2 heteroatoms. The molecule has 210 valence electrons. The zero-order valence-corrected chi connectivity index (χ0v) is 26.0. The summed E-state index contributed by atoms with van der Waals surface area (Å²) in [5.74, 6) is 1.04. The molecule has 2 aromatic rings. The first-order valence-electron chi connectivity index (χ1n) is 15.8. The van der Waals surface area contributed by atoms with Crippen LogP contribution in [-0.4, -0.2) is 25.2 Å². The molecule has 0 spiro atoms. The lowest BCUT2D eigenvalue weighted by Crippen LogP contribution is -2.46. The number of anilines is 2. The van der Waals surface area contributed by atoms with Gasteiger partial charge in [0, 0.05) is 36.5 Å². The molecule has 2 nitrogen and oxygen atoms in total. The predicted molar refractivity (Wildman–Crippen MR) is 168 cm³/mol. The number of nitrogens with zero attached hydrogens (tertiary/aromatic N) is 2. The zero-order valence-electron chi connectivity index (χ0n) is 26.0. The third-order valence-electron chi connectivity index (χ3n) is 10.6. The van der Waals surface area contributed by atoms with E-state index < -0.39 is 0 Å². The Morgan fingerprint density at radius 1 is 0.684 bits per heavy atom. The summed E-state index contributed by atoms with van der Waals surface area (Å²) in [5, 5.41) is 0. The highest BCUT2D eigenvalue weighted by Gasteiger charge is 2.35. The molecule has 2 saturated carbocycles. The summed E-state index contributed by atoms with van der Waals surface area (Å²) in [5.41, 5.74) is 9.58. The van der Waals surface area contributed by atoms with Crippen LogP contribution >= 0.6 is 0 Å². The normalized spacial score (nSPS) is 19.8. The van der Waals surface area contributed by atoms with Crippen molar-refractivity contribution in [3.05, 3.63) is 58.7 Å². The summed E-state index contributed by atoms with van der Waals surface area (Å²) in [4.78, 5) is 5.35. The Morgan fingerprint density at radius 2 is 1.18 bits per heavy atom. The molecule has 1 unspecified atom stereocenters. The van der Waals surface area contributed by atoms with E-state index >= 15 is 0 Å². The summed E-state index contributed by atoms with van der Waals surface area (Å²) in [6.07, 6.45) is 15.8. The summed E-state index contributed by atoms with van der Waals surface area (Å²) in [6, 6.07) is 14.1. The van der Waals surface area contributed by atoms with E-state index in [-0.39, 0.29) is 11.1 Å². The van der Waals surface area contributed by atoms with E-state index in [0.717, 1.165) is 6.42 Å². The molecule has 0 aromatic heterocycles. The van der Waals surface area contributed by atoms with E-state index in [2.05, 4.69) is 102 Å². The predicted octanol–water partition coefficient (Wildman–Crippen LogP) is 10.2. The Morgan fingerprint density at radius 3 is 1.74 bits per heavy atom. The maximum Gasteiger partial charge on any atom is 0.0438 e. The topological polar surface area (TPSA) is 6.48 Å². The van der Waals surface area contributed by atoms with Crippen molar-refractivity contribution in [2.75, 3.05) is 23.9 Å². The molecule has 0 radical (unpaired) electrons. The van der Waals surface area contributed by atoms with Gasteiger partial charge in [-0.3, -0.25) is 0 Å². The minimum atomic E-state index is 0.263. The molecule has 0 amide bonds. The van der Waals surface area contributed by atoms with Crippen LogP contribution in [0.2, 0.25) is 0 Å². The van der Waals surface area contributed by atoms with E-state index in [1.54, 1.807) is 5.56 Å². The fourth-order valence-electron chi connectivity index (χ4n) is 7.60. The van der Waals surface area contributed by atoms with Gasteiger partial charge in [-0.15, -0.1) is 0 Å². The summed E-state index contributed by atoms with van der Waals surface area (Å²) < 4.78 is 0. The van der Waals surface area contributed by atoms with Gasteiger partial charge in [-0.05, 0) is 93.4 Å². The Labute approximate surface area is 235 Å². The van der Waals surface area contributed by atoms with Gasteiger partial charge >= 0.3 is 0 Å². The fourth-order valence-corrected chi connectivity index (χ4v) is 7.60. The van der Waals surface area contributed by atoms with E-state index in [1.165, 1.54) is 98.7 Å². The van der Waals surface area contributed by atoms with Crippen LogP contribution in [0.5, 0.6) is 0 Å². The fraction of sp³-hybridized carbons (Fsp3) is 0.667. The van der Waals surface area contributed by atoms with Gasteiger partial charge in [-0.2, -0.15) is 0 Å². The highest BCUT2D eigenvalue weighted by Crippen LogP contribution is 2.44. The lowest BCUT2D eigenvalue weighted by atomic mass is 9.80. The smallest absolute Gasteiger partial charge is 0.0438 e. The number of rotatable bonds is 9. The molecule has 2 aliphatic carbocycles. The minimum absolute atomic E-state index is 0.263. The van der Waals surface area contributed by atoms with Gasteiger partial charge in [0.05, 0.1) is 0 Å². The number of hydrogen-bond acceptors (Lipinski definition) is 2. The van der Waals surface area contributed by atoms with Crippen LogP contribution in [0.3, 0.4) is 0 Å². The molecule has 4 rings (SSSR count). The van der Waals surface area contributed by atoms with Crippen LogP contribution in [0, 0.1) is 6.92 Å². The largest absolute Gasteiger partial charge is 0.369 e. The van der Waals surface area contributed by atoms with Gasteiger partial charge in [0.25, 0.3) is 0 Å². The molecule has 0 bridgehead atoms. The molecule has 2 aliphatic rings. The molecule has 2 fully saturated rings.